The predicted molar refractivity (Wildman–Crippen MR) is 60.1 cm³/mol. The number of nitrogens with one attached hydrogen (secondary N) is 1. The summed E-state index contributed by atoms with van der Waals surface area (Å²) in [5.74, 6) is 0.689. The highest BCUT2D eigenvalue weighted by atomic mass is 19.1. The highest BCUT2D eigenvalue weighted by Gasteiger charge is 2.28. The number of benzene rings is 1. The van der Waals surface area contributed by atoms with Gasteiger partial charge in [0.1, 0.15) is 5.82 Å². The molecule has 2 heteroatoms. The molecule has 15 heavy (non-hydrogen) atoms. The van der Waals surface area contributed by atoms with E-state index in [0.29, 0.717) is 12.1 Å². The Hall–Kier alpha value is -0.890. The molecule has 0 aromatic heterocycles. The molecule has 0 radical (unpaired) electrons. The molecule has 2 rings (SSSR count). The lowest BCUT2D eigenvalue weighted by molar-refractivity contribution is 0.441. The molecule has 82 valence electrons. The number of hydrogen-bond acceptors (Lipinski definition) is 1. The zero-order chi connectivity index (χ0) is 10.8. The van der Waals surface area contributed by atoms with Gasteiger partial charge < -0.3 is 5.32 Å². The highest BCUT2D eigenvalue weighted by Crippen LogP contribution is 2.33. The molecule has 0 spiro atoms. The smallest absolute Gasteiger partial charge is 0.123 e. The fraction of sp³-hybridized carbons (Fsp3) is 0.538. The molecule has 1 aliphatic rings. The number of hydrogen-bond donors (Lipinski definition) is 1. The van der Waals surface area contributed by atoms with Gasteiger partial charge in [-0.2, -0.15) is 0 Å². The van der Waals surface area contributed by atoms with Crippen molar-refractivity contribution in [3.8, 4) is 0 Å². The molecule has 0 heterocycles. The molecular weight excluding hydrogens is 189 g/mol. The second-order valence-electron chi connectivity index (χ2n) is 4.57. The minimum atomic E-state index is -0.166. The first-order chi connectivity index (χ1) is 7.16. The Balaban J connectivity index is 1.94. The Labute approximate surface area is 90.7 Å². The zero-order valence-corrected chi connectivity index (χ0v) is 9.33. The Kier molecular flexibility index (Phi) is 3.06. The van der Waals surface area contributed by atoms with Gasteiger partial charge in [0.05, 0.1) is 0 Å². The average Bonchev–Trinajstić information content (AvgIpc) is 3.01. The highest BCUT2D eigenvalue weighted by molar-refractivity contribution is 5.19. The average molecular weight is 207 g/mol. The maximum Gasteiger partial charge on any atom is 0.123 e. The lowest BCUT2D eigenvalue weighted by Crippen LogP contribution is -2.30. The summed E-state index contributed by atoms with van der Waals surface area (Å²) < 4.78 is 12.7. The minimum absolute atomic E-state index is 0.166. The molecule has 1 aliphatic carbocycles. The molecule has 2 atom stereocenters. The van der Waals surface area contributed by atoms with E-state index in [1.165, 1.54) is 25.0 Å². The van der Waals surface area contributed by atoms with Crippen molar-refractivity contribution < 1.29 is 4.39 Å². The van der Waals surface area contributed by atoms with Crippen LogP contribution >= 0.6 is 0 Å². The van der Waals surface area contributed by atoms with Crippen molar-refractivity contribution >= 4 is 0 Å². The molecule has 1 N–H and O–H groups in total. The van der Waals surface area contributed by atoms with Crippen molar-refractivity contribution in [3.63, 3.8) is 0 Å². The van der Waals surface area contributed by atoms with Crippen molar-refractivity contribution in [2.45, 2.75) is 38.8 Å². The monoisotopic (exact) mass is 207 g/mol. The van der Waals surface area contributed by atoms with Crippen molar-refractivity contribution in [3.05, 3.63) is 35.6 Å². The van der Waals surface area contributed by atoms with Crippen LogP contribution in [0, 0.1) is 11.7 Å². The largest absolute Gasteiger partial charge is 0.307 e. The SMILES string of the molecule is CC(N[C@@H](C)c1ccc(F)cc1)C1CC1. The van der Waals surface area contributed by atoms with Crippen LogP contribution in [-0.2, 0) is 0 Å². The molecule has 0 aliphatic heterocycles. The summed E-state index contributed by atoms with van der Waals surface area (Å²) in [6.45, 7) is 4.36. The summed E-state index contributed by atoms with van der Waals surface area (Å²) in [6.07, 6.45) is 2.70. The summed E-state index contributed by atoms with van der Waals surface area (Å²) in [4.78, 5) is 0. The van der Waals surface area contributed by atoms with Crippen LogP contribution in [0.1, 0.15) is 38.3 Å². The molecular formula is C13H18FN. The van der Waals surface area contributed by atoms with E-state index in [9.17, 15) is 4.39 Å². The van der Waals surface area contributed by atoms with Gasteiger partial charge in [0.15, 0.2) is 0 Å². The molecule has 0 saturated heterocycles. The number of rotatable bonds is 4. The van der Waals surface area contributed by atoms with Gasteiger partial charge in [-0.05, 0) is 50.3 Å². The minimum Gasteiger partial charge on any atom is -0.307 e. The standard InChI is InChI=1S/C13H18FN/c1-9(11-3-4-11)15-10(2)12-5-7-13(14)8-6-12/h5-11,15H,3-4H2,1-2H3/t9?,10-/m0/s1. The molecule has 1 aromatic rings. The third kappa shape index (κ3) is 2.78. The molecule has 1 saturated carbocycles. The van der Waals surface area contributed by atoms with Crippen LogP contribution < -0.4 is 5.32 Å². The van der Waals surface area contributed by atoms with E-state index in [4.69, 9.17) is 0 Å². The van der Waals surface area contributed by atoms with Gasteiger partial charge in [-0.25, -0.2) is 4.39 Å². The fourth-order valence-corrected chi connectivity index (χ4v) is 1.97. The topological polar surface area (TPSA) is 12.0 Å². The fourth-order valence-electron chi connectivity index (χ4n) is 1.97. The van der Waals surface area contributed by atoms with Crippen LogP contribution in [0.4, 0.5) is 4.39 Å². The quantitative estimate of drug-likeness (QED) is 0.799. The van der Waals surface area contributed by atoms with Crippen LogP contribution in [0.5, 0.6) is 0 Å². The Morgan fingerprint density at radius 2 is 1.80 bits per heavy atom. The van der Waals surface area contributed by atoms with E-state index in [1.54, 1.807) is 0 Å². The van der Waals surface area contributed by atoms with Gasteiger partial charge in [0.25, 0.3) is 0 Å². The van der Waals surface area contributed by atoms with Crippen LogP contribution in [0.15, 0.2) is 24.3 Å². The maximum absolute atomic E-state index is 12.7. The van der Waals surface area contributed by atoms with Crippen LogP contribution in [-0.4, -0.2) is 6.04 Å². The van der Waals surface area contributed by atoms with Gasteiger partial charge in [0, 0.05) is 12.1 Å². The second-order valence-corrected chi connectivity index (χ2v) is 4.57. The Morgan fingerprint density at radius 1 is 1.20 bits per heavy atom. The van der Waals surface area contributed by atoms with Crippen LogP contribution in [0.2, 0.25) is 0 Å². The van der Waals surface area contributed by atoms with Crippen LogP contribution in [0.3, 0.4) is 0 Å². The van der Waals surface area contributed by atoms with E-state index in [-0.39, 0.29) is 5.82 Å². The van der Waals surface area contributed by atoms with E-state index in [1.807, 2.05) is 12.1 Å². The van der Waals surface area contributed by atoms with E-state index >= 15 is 0 Å². The van der Waals surface area contributed by atoms with Crippen LogP contribution in [0.25, 0.3) is 0 Å². The first kappa shape index (κ1) is 10.6. The summed E-state index contributed by atoms with van der Waals surface area (Å²) in [7, 11) is 0. The summed E-state index contributed by atoms with van der Waals surface area (Å²) in [5, 5.41) is 3.56. The summed E-state index contributed by atoms with van der Waals surface area (Å²) in [6, 6.07) is 7.63. The van der Waals surface area contributed by atoms with Gasteiger partial charge in [-0.3, -0.25) is 0 Å². The van der Waals surface area contributed by atoms with Gasteiger partial charge in [-0.15, -0.1) is 0 Å². The Morgan fingerprint density at radius 3 is 2.33 bits per heavy atom. The molecule has 1 aromatic carbocycles. The lowest BCUT2D eigenvalue weighted by atomic mass is 10.1. The Bertz CT molecular complexity index is 316. The van der Waals surface area contributed by atoms with Gasteiger partial charge >= 0.3 is 0 Å². The number of halogens is 1. The first-order valence-corrected chi connectivity index (χ1v) is 5.68. The maximum atomic E-state index is 12.7. The first-order valence-electron chi connectivity index (χ1n) is 5.68. The van der Waals surface area contributed by atoms with Crippen molar-refractivity contribution in [1.29, 1.82) is 0 Å². The molecule has 0 amide bonds. The zero-order valence-electron chi connectivity index (χ0n) is 9.33. The summed E-state index contributed by atoms with van der Waals surface area (Å²) >= 11 is 0. The molecule has 1 unspecified atom stereocenters. The normalized spacial score (nSPS) is 19.9. The third-order valence-electron chi connectivity index (χ3n) is 3.21. The van der Waals surface area contributed by atoms with Gasteiger partial charge in [0.2, 0.25) is 0 Å². The molecule has 1 fully saturated rings. The van der Waals surface area contributed by atoms with E-state index < -0.39 is 0 Å². The van der Waals surface area contributed by atoms with E-state index in [2.05, 4.69) is 19.2 Å². The van der Waals surface area contributed by atoms with Crippen molar-refractivity contribution in [1.82, 2.24) is 5.32 Å². The second kappa shape index (κ2) is 4.31. The van der Waals surface area contributed by atoms with Crippen molar-refractivity contribution in [2.24, 2.45) is 5.92 Å². The predicted octanol–water partition coefficient (Wildman–Crippen LogP) is 3.27. The van der Waals surface area contributed by atoms with E-state index in [0.717, 1.165) is 11.5 Å². The molecule has 0 bridgehead atoms. The lowest BCUT2D eigenvalue weighted by Gasteiger charge is -2.20. The summed E-state index contributed by atoms with van der Waals surface area (Å²) in [5.41, 5.74) is 1.16. The van der Waals surface area contributed by atoms with Crippen molar-refractivity contribution in [2.75, 3.05) is 0 Å². The third-order valence-corrected chi connectivity index (χ3v) is 3.21. The van der Waals surface area contributed by atoms with Gasteiger partial charge in [-0.1, -0.05) is 12.1 Å². The molecule has 1 nitrogen and oxygen atoms in total.